The van der Waals surface area contributed by atoms with Crippen LogP contribution in [-0.2, 0) is 0 Å². The number of hydrogen-bond donors (Lipinski definition) is 1. The highest BCUT2D eigenvalue weighted by molar-refractivity contribution is 7.80. The number of thiocarbonyl (C=S) groups is 1. The standard InChI is InChI=1S/C14H23N5S/c1-9(2)18-5-7-19(8-6-18)14-12(13(15)20)10(3)11(4)16-17-14/h9H,5-8H2,1-4H3,(H2,15,20). The van der Waals surface area contributed by atoms with Gasteiger partial charge < -0.3 is 10.6 Å². The maximum absolute atomic E-state index is 5.89. The second-order valence-corrected chi connectivity index (χ2v) is 6.03. The molecule has 0 radical (unpaired) electrons. The minimum Gasteiger partial charge on any atom is -0.389 e. The van der Waals surface area contributed by atoms with Crippen molar-refractivity contribution in [1.82, 2.24) is 15.1 Å². The maximum atomic E-state index is 5.89. The van der Waals surface area contributed by atoms with Crippen molar-refractivity contribution in [3.63, 3.8) is 0 Å². The van der Waals surface area contributed by atoms with Gasteiger partial charge in [-0.1, -0.05) is 12.2 Å². The van der Waals surface area contributed by atoms with Crippen LogP contribution in [0.2, 0.25) is 0 Å². The van der Waals surface area contributed by atoms with E-state index in [0.29, 0.717) is 11.0 Å². The van der Waals surface area contributed by atoms with E-state index >= 15 is 0 Å². The monoisotopic (exact) mass is 293 g/mol. The normalized spacial score (nSPS) is 16.8. The largest absolute Gasteiger partial charge is 0.389 e. The van der Waals surface area contributed by atoms with Gasteiger partial charge in [0.2, 0.25) is 0 Å². The summed E-state index contributed by atoms with van der Waals surface area (Å²) in [5.74, 6) is 0.837. The van der Waals surface area contributed by atoms with Gasteiger partial charge in [-0.2, -0.15) is 5.10 Å². The van der Waals surface area contributed by atoms with E-state index in [-0.39, 0.29) is 0 Å². The van der Waals surface area contributed by atoms with Crippen LogP contribution in [0.15, 0.2) is 0 Å². The van der Waals surface area contributed by atoms with Crippen molar-refractivity contribution in [3.05, 3.63) is 16.8 Å². The molecule has 1 fully saturated rings. The van der Waals surface area contributed by atoms with Crippen LogP contribution in [0, 0.1) is 13.8 Å². The molecule has 0 aliphatic carbocycles. The van der Waals surface area contributed by atoms with Gasteiger partial charge >= 0.3 is 0 Å². The molecular weight excluding hydrogens is 270 g/mol. The molecule has 0 aromatic carbocycles. The summed E-state index contributed by atoms with van der Waals surface area (Å²) in [5, 5.41) is 8.57. The zero-order valence-electron chi connectivity index (χ0n) is 12.7. The van der Waals surface area contributed by atoms with Gasteiger partial charge in [-0.15, -0.1) is 5.10 Å². The van der Waals surface area contributed by atoms with Gasteiger partial charge in [-0.3, -0.25) is 4.90 Å². The molecule has 1 aromatic heterocycles. The second-order valence-electron chi connectivity index (χ2n) is 5.59. The molecule has 1 aliphatic heterocycles. The minimum atomic E-state index is 0.404. The van der Waals surface area contributed by atoms with E-state index in [1.54, 1.807) is 0 Å². The van der Waals surface area contributed by atoms with E-state index in [4.69, 9.17) is 18.0 Å². The molecule has 0 amide bonds. The van der Waals surface area contributed by atoms with Crippen molar-refractivity contribution in [2.75, 3.05) is 31.1 Å². The van der Waals surface area contributed by atoms with Gasteiger partial charge in [-0.05, 0) is 33.3 Å². The predicted octanol–water partition coefficient (Wildman–Crippen LogP) is 1.26. The van der Waals surface area contributed by atoms with Crippen LogP contribution < -0.4 is 10.6 Å². The Hall–Kier alpha value is -1.27. The lowest BCUT2D eigenvalue weighted by molar-refractivity contribution is 0.209. The highest BCUT2D eigenvalue weighted by Crippen LogP contribution is 2.23. The van der Waals surface area contributed by atoms with Gasteiger partial charge in [0.1, 0.15) is 4.99 Å². The summed E-state index contributed by atoms with van der Waals surface area (Å²) in [5.41, 5.74) is 8.70. The van der Waals surface area contributed by atoms with E-state index in [0.717, 1.165) is 48.8 Å². The van der Waals surface area contributed by atoms with Crippen LogP contribution in [0.5, 0.6) is 0 Å². The number of aromatic nitrogens is 2. The topological polar surface area (TPSA) is 58.3 Å². The molecule has 1 aromatic rings. The van der Waals surface area contributed by atoms with Gasteiger partial charge in [0.25, 0.3) is 0 Å². The molecule has 0 spiro atoms. The van der Waals surface area contributed by atoms with E-state index in [1.807, 2.05) is 13.8 Å². The molecule has 1 saturated heterocycles. The molecule has 2 N–H and O–H groups in total. The SMILES string of the molecule is Cc1nnc(N2CCN(C(C)C)CC2)c(C(N)=S)c1C. The Balaban J connectivity index is 2.26. The first-order valence-corrected chi connectivity index (χ1v) is 7.45. The van der Waals surface area contributed by atoms with Crippen molar-refractivity contribution in [2.45, 2.75) is 33.7 Å². The van der Waals surface area contributed by atoms with E-state index in [2.05, 4.69) is 33.8 Å². The second kappa shape index (κ2) is 6.01. The minimum absolute atomic E-state index is 0.404. The summed E-state index contributed by atoms with van der Waals surface area (Å²) in [6.07, 6.45) is 0. The Labute approximate surface area is 126 Å². The number of nitrogens with zero attached hydrogens (tertiary/aromatic N) is 4. The Morgan fingerprint density at radius 1 is 1.15 bits per heavy atom. The first kappa shape index (κ1) is 15.1. The summed E-state index contributed by atoms with van der Waals surface area (Å²) in [4.78, 5) is 5.11. The lowest BCUT2D eigenvalue weighted by atomic mass is 10.1. The van der Waals surface area contributed by atoms with Crippen molar-refractivity contribution in [2.24, 2.45) is 5.73 Å². The predicted molar refractivity (Wildman–Crippen MR) is 86.3 cm³/mol. The Kier molecular flexibility index (Phi) is 4.55. The zero-order chi connectivity index (χ0) is 14.9. The number of hydrogen-bond acceptors (Lipinski definition) is 5. The lowest BCUT2D eigenvalue weighted by Gasteiger charge is -2.38. The third kappa shape index (κ3) is 2.91. The van der Waals surface area contributed by atoms with Crippen LogP contribution >= 0.6 is 12.2 Å². The van der Waals surface area contributed by atoms with Crippen LogP contribution in [0.4, 0.5) is 5.82 Å². The van der Waals surface area contributed by atoms with Crippen molar-refractivity contribution >= 4 is 23.0 Å². The molecule has 20 heavy (non-hydrogen) atoms. The number of anilines is 1. The number of piperazine rings is 1. The molecule has 5 nitrogen and oxygen atoms in total. The molecular formula is C14H23N5S. The first-order valence-electron chi connectivity index (χ1n) is 7.04. The van der Waals surface area contributed by atoms with Gasteiger partial charge in [0, 0.05) is 32.2 Å². The molecule has 0 bridgehead atoms. The zero-order valence-corrected chi connectivity index (χ0v) is 13.5. The molecule has 110 valence electrons. The summed E-state index contributed by atoms with van der Waals surface area (Å²) >= 11 is 5.20. The lowest BCUT2D eigenvalue weighted by Crippen LogP contribution is -2.49. The summed E-state index contributed by atoms with van der Waals surface area (Å²) in [6.45, 7) is 12.3. The van der Waals surface area contributed by atoms with E-state index < -0.39 is 0 Å². The number of rotatable bonds is 3. The maximum Gasteiger partial charge on any atom is 0.161 e. The number of nitrogens with two attached hydrogens (primary N) is 1. The fourth-order valence-corrected chi connectivity index (χ4v) is 2.81. The Morgan fingerprint density at radius 2 is 1.75 bits per heavy atom. The highest BCUT2D eigenvalue weighted by atomic mass is 32.1. The van der Waals surface area contributed by atoms with E-state index in [9.17, 15) is 0 Å². The number of aryl methyl sites for hydroxylation is 1. The molecule has 6 heteroatoms. The van der Waals surface area contributed by atoms with Gasteiger partial charge in [-0.25, -0.2) is 0 Å². The molecule has 0 saturated carbocycles. The van der Waals surface area contributed by atoms with Crippen LogP contribution in [0.25, 0.3) is 0 Å². The van der Waals surface area contributed by atoms with Gasteiger partial charge in [0.15, 0.2) is 5.82 Å². The molecule has 0 atom stereocenters. The first-order chi connectivity index (χ1) is 9.41. The summed E-state index contributed by atoms with van der Waals surface area (Å²) in [6, 6.07) is 0.582. The fourth-order valence-electron chi connectivity index (χ4n) is 2.56. The average Bonchev–Trinajstić information content (AvgIpc) is 2.41. The highest BCUT2D eigenvalue weighted by Gasteiger charge is 2.24. The smallest absolute Gasteiger partial charge is 0.161 e. The van der Waals surface area contributed by atoms with Gasteiger partial charge in [0.05, 0.1) is 11.3 Å². The van der Waals surface area contributed by atoms with E-state index in [1.165, 1.54) is 0 Å². The molecule has 1 aliphatic rings. The van der Waals surface area contributed by atoms with Crippen molar-refractivity contribution < 1.29 is 0 Å². The third-order valence-electron chi connectivity index (χ3n) is 4.03. The molecule has 0 unspecified atom stereocenters. The average molecular weight is 293 g/mol. The Bertz CT molecular complexity index is 507. The Morgan fingerprint density at radius 3 is 2.25 bits per heavy atom. The van der Waals surface area contributed by atoms with Crippen molar-refractivity contribution in [3.8, 4) is 0 Å². The van der Waals surface area contributed by atoms with Crippen LogP contribution in [0.1, 0.15) is 30.7 Å². The molecule has 2 heterocycles. The molecule has 2 rings (SSSR count). The van der Waals surface area contributed by atoms with Crippen molar-refractivity contribution in [1.29, 1.82) is 0 Å². The fraction of sp³-hybridized carbons (Fsp3) is 0.643. The van der Waals surface area contributed by atoms with Crippen LogP contribution in [-0.4, -0.2) is 52.3 Å². The van der Waals surface area contributed by atoms with Crippen LogP contribution in [0.3, 0.4) is 0 Å². The third-order valence-corrected chi connectivity index (χ3v) is 4.23. The summed E-state index contributed by atoms with van der Waals surface area (Å²) < 4.78 is 0. The quantitative estimate of drug-likeness (QED) is 0.847. The summed E-state index contributed by atoms with van der Waals surface area (Å²) in [7, 11) is 0.